The number of benzene rings is 1. The summed E-state index contributed by atoms with van der Waals surface area (Å²) in [6.07, 6.45) is 0.214. The van der Waals surface area contributed by atoms with Crippen molar-refractivity contribution in [3.8, 4) is 5.75 Å². The van der Waals surface area contributed by atoms with Gasteiger partial charge in [-0.05, 0) is 37.1 Å². The van der Waals surface area contributed by atoms with Gasteiger partial charge in [-0.2, -0.15) is 0 Å². The standard InChI is InChI=1S/C16H24N2O3/c1-6-18(3)15-8-7-13(20-4)11-14(15)12(2)9-10-17-16(19)21-5/h7-8,11H,2,6,9-10H2,1,3-5H3,(H,17,19). The van der Waals surface area contributed by atoms with E-state index in [1.54, 1.807) is 7.11 Å². The Kier molecular flexibility index (Phi) is 6.59. The van der Waals surface area contributed by atoms with Crippen LogP contribution in [-0.4, -0.2) is 40.5 Å². The van der Waals surface area contributed by atoms with Crippen molar-refractivity contribution >= 4 is 17.4 Å². The number of rotatable bonds is 7. The molecule has 0 saturated carbocycles. The summed E-state index contributed by atoms with van der Waals surface area (Å²) in [5, 5.41) is 2.66. The lowest BCUT2D eigenvalue weighted by atomic mass is 10.0. The molecule has 0 aromatic heterocycles. The summed E-state index contributed by atoms with van der Waals surface area (Å²) in [4.78, 5) is 13.2. The minimum atomic E-state index is -0.431. The summed E-state index contributed by atoms with van der Waals surface area (Å²) < 4.78 is 9.83. The number of nitrogens with one attached hydrogen (secondary N) is 1. The normalized spacial score (nSPS) is 9.90. The number of carbonyl (C=O) groups is 1. The molecule has 0 atom stereocenters. The second-order valence-corrected chi connectivity index (χ2v) is 4.67. The van der Waals surface area contributed by atoms with Gasteiger partial charge in [0.2, 0.25) is 0 Å². The summed E-state index contributed by atoms with van der Waals surface area (Å²) in [5.74, 6) is 0.792. The molecule has 0 fully saturated rings. The first-order chi connectivity index (χ1) is 10.0. The monoisotopic (exact) mass is 292 g/mol. The molecule has 0 aliphatic carbocycles. The number of hydrogen-bond donors (Lipinski definition) is 1. The Morgan fingerprint density at radius 2 is 2.10 bits per heavy atom. The molecule has 5 heteroatoms. The smallest absolute Gasteiger partial charge is 0.406 e. The predicted octanol–water partition coefficient (Wildman–Crippen LogP) is 2.91. The Labute approximate surface area is 126 Å². The number of carbonyl (C=O) groups excluding carboxylic acids is 1. The molecule has 5 nitrogen and oxygen atoms in total. The van der Waals surface area contributed by atoms with E-state index >= 15 is 0 Å². The molecule has 0 spiro atoms. The van der Waals surface area contributed by atoms with E-state index in [0.717, 1.165) is 29.1 Å². The van der Waals surface area contributed by atoms with E-state index in [4.69, 9.17) is 4.74 Å². The third-order valence-corrected chi connectivity index (χ3v) is 3.35. The molecular formula is C16H24N2O3. The SMILES string of the molecule is C=C(CCNC(=O)OC)c1cc(OC)ccc1N(C)CC. The van der Waals surface area contributed by atoms with Gasteiger partial charge in [0, 0.05) is 31.4 Å². The van der Waals surface area contributed by atoms with Crippen LogP contribution in [0.5, 0.6) is 5.75 Å². The number of amides is 1. The van der Waals surface area contributed by atoms with Gasteiger partial charge in [-0.25, -0.2) is 4.79 Å². The van der Waals surface area contributed by atoms with Crippen LogP contribution in [0.15, 0.2) is 24.8 Å². The van der Waals surface area contributed by atoms with E-state index in [-0.39, 0.29) is 0 Å². The molecule has 0 unspecified atom stereocenters. The lowest BCUT2D eigenvalue weighted by Gasteiger charge is -2.22. The maximum atomic E-state index is 11.1. The molecule has 0 aliphatic heterocycles. The third-order valence-electron chi connectivity index (χ3n) is 3.35. The van der Waals surface area contributed by atoms with Crippen molar-refractivity contribution in [1.82, 2.24) is 5.32 Å². The zero-order chi connectivity index (χ0) is 15.8. The minimum Gasteiger partial charge on any atom is -0.497 e. The molecule has 0 heterocycles. The molecule has 0 radical (unpaired) electrons. The van der Waals surface area contributed by atoms with Crippen LogP contribution < -0.4 is 15.0 Å². The van der Waals surface area contributed by atoms with Crippen LogP contribution in [0.25, 0.3) is 5.57 Å². The van der Waals surface area contributed by atoms with Gasteiger partial charge >= 0.3 is 6.09 Å². The Morgan fingerprint density at radius 1 is 1.38 bits per heavy atom. The van der Waals surface area contributed by atoms with E-state index in [9.17, 15) is 4.79 Å². The molecule has 1 aromatic carbocycles. The van der Waals surface area contributed by atoms with Crippen molar-refractivity contribution < 1.29 is 14.3 Å². The molecule has 0 bridgehead atoms. The van der Waals surface area contributed by atoms with E-state index in [0.29, 0.717) is 13.0 Å². The Morgan fingerprint density at radius 3 is 2.67 bits per heavy atom. The first-order valence-electron chi connectivity index (χ1n) is 6.92. The van der Waals surface area contributed by atoms with Gasteiger partial charge in [-0.3, -0.25) is 0 Å². The zero-order valence-corrected chi connectivity index (χ0v) is 13.2. The van der Waals surface area contributed by atoms with Crippen molar-refractivity contribution in [3.63, 3.8) is 0 Å². The quantitative estimate of drug-likeness (QED) is 0.839. The highest BCUT2D eigenvalue weighted by molar-refractivity contribution is 5.77. The highest BCUT2D eigenvalue weighted by Gasteiger charge is 2.11. The first kappa shape index (κ1) is 16.9. The van der Waals surface area contributed by atoms with Crippen molar-refractivity contribution in [2.45, 2.75) is 13.3 Å². The maximum absolute atomic E-state index is 11.1. The number of anilines is 1. The molecule has 0 saturated heterocycles. The lowest BCUT2D eigenvalue weighted by Crippen LogP contribution is -2.24. The Bertz CT molecular complexity index is 500. The largest absolute Gasteiger partial charge is 0.497 e. The summed E-state index contributed by atoms with van der Waals surface area (Å²) in [6.45, 7) is 7.60. The lowest BCUT2D eigenvalue weighted by molar-refractivity contribution is 0.171. The van der Waals surface area contributed by atoms with E-state index in [1.165, 1.54) is 7.11 Å². The van der Waals surface area contributed by atoms with Crippen LogP contribution in [0.3, 0.4) is 0 Å². The number of ether oxygens (including phenoxy) is 2. The zero-order valence-electron chi connectivity index (χ0n) is 13.2. The summed E-state index contributed by atoms with van der Waals surface area (Å²) in [5.41, 5.74) is 3.08. The summed E-state index contributed by atoms with van der Waals surface area (Å²) in [7, 11) is 5.02. The van der Waals surface area contributed by atoms with Crippen LogP contribution in [0.2, 0.25) is 0 Å². The van der Waals surface area contributed by atoms with Gasteiger partial charge in [-0.1, -0.05) is 6.58 Å². The minimum absolute atomic E-state index is 0.431. The van der Waals surface area contributed by atoms with Gasteiger partial charge in [-0.15, -0.1) is 0 Å². The van der Waals surface area contributed by atoms with Crippen LogP contribution in [0.1, 0.15) is 18.9 Å². The average Bonchev–Trinajstić information content (AvgIpc) is 2.52. The van der Waals surface area contributed by atoms with Crippen molar-refractivity contribution in [2.75, 3.05) is 39.3 Å². The highest BCUT2D eigenvalue weighted by atomic mass is 16.5. The highest BCUT2D eigenvalue weighted by Crippen LogP contribution is 2.31. The first-order valence-corrected chi connectivity index (χ1v) is 6.92. The number of methoxy groups -OCH3 is 2. The maximum Gasteiger partial charge on any atom is 0.406 e. The molecule has 0 aliphatic rings. The van der Waals surface area contributed by atoms with Gasteiger partial charge in [0.05, 0.1) is 14.2 Å². The van der Waals surface area contributed by atoms with Crippen LogP contribution >= 0.6 is 0 Å². The summed E-state index contributed by atoms with van der Waals surface area (Å²) in [6, 6.07) is 5.93. The predicted molar refractivity (Wildman–Crippen MR) is 86.0 cm³/mol. The number of alkyl carbamates (subject to hydrolysis) is 1. The van der Waals surface area contributed by atoms with Crippen LogP contribution in [0, 0.1) is 0 Å². The average molecular weight is 292 g/mol. The molecular weight excluding hydrogens is 268 g/mol. The van der Waals surface area contributed by atoms with Crippen molar-refractivity contribution in [1.29, 1.82) is 0 Å². The van der Waals surface area contributed by atoms with E-state index in [1.807, 2.05) is 25.2 Å². The van der Waals surface area contributed by atoms with Gasteiger partial charge in [0.25, 0.3) is 0 Å². The van der Waals surface area contributed by atoms with Gasteiger partial charge in [0.1, 0.15) is 5.75 Å². The van der Waals surface area contributed by atoms with Crippen LogP contribution in [0.4, 0.5) is 10.5 Å². The summed E-state index contributed by atoms with van der Waals surface area (Å²) >= 11 is 0. The van der Waals surface area contributed by atoms with Crippen molar-refractivity contribution in [2.24, 2.45) is 0 Å². The fraction of sp³-hybridized carbons (Fsp3) is 0.438. The second kappa shape index (κ2) is 8.19. The fourth-order valence-corrected chi connectivity index (χ4v) is 1.95. The number of hydrogen-bond acceptors (Lipinski definition) is 4. The second-order valence-electron chi connectivity index (χ2n) is 4.67. The molecule has 1 N–H and O–H groups in total. The Balaban J connectivity index is 2.87. The molecule has 1 amide bonds. The van der Waals surface area contributed by atoms with Gasteiger partial charge in [0.15, 0.2) is 0 Å². The van der Waals surface area contributed by atoms with Gasteiger partial charge < -0.3 is 19.7 Å². The molecule has 116 valence electrons. The fourth-order valence-electron chi connectivity index (χ4n) is 1.95. The molecule has 21 heavy (non-hydrogen) atoms. The van der Waals surface area contributed by atoms with Crippen molar-refractivity contribution in [3.05, 3.63) is 30.3 Å². The molecule has 1 aromatic rings. The number of nitrogens with zero attached hydrogens (tertiary/aromatic N) is 1. The topological polar surface area (TPSA) is 50.8 Å². The van der Waals surface area contributed by atoms with E-state index < -0.39 is 6.09 Å². The van der Waals surface area contributed by atoms with E-state index in [2.05, 4.69) is 28.5 Å². The molecule has 1 rings (SSSR count). The van der Waals surface area contributed by atoms with Crippen LogP contribution in [-0.2, 0) is 4.74 Å². The Hall–Kier alpha value is -2.17. The third kappa shape index (κ3) is 4.70.